The van der Waals surface area contributed by atoms with Gasteiger partial charge in [-0.05, 0) is 25.0 Å². The molecule has 0 atom stereocenters. The highest BCUT2D eigenvalue weighted by molar-refractivity contribution is 5.47. The predicted molar refractivity (Wildman–Crippen MR) is 62.5 cm³/mol. The maximum Gasteiger partial charge on any atom is 0.140 e. The monoisotopic (exact) mass is 206 g/mol. The second kappa shape index (κ2) is 4.98. The summed E-state index contributed by atoms with van der Waals surface area (Å²) < 4.78 is 0. The highest BCUT2D eigenvalue weighted by Crippen LogP contribution is 2.21. The number of nitrogen functional groups attached to an aromatic ring is 1. The molecule has 82 valence electrons. The van der Waals surface area contributed by atoms with Crippen molar-refractivity contribution in [1.82, 2.24) is 4.98 Å². The Kier molecular flexibility index (Phi) is 3.40. The molecule has 0 amide bonds. The van der Waals surface area contributed by atoms with E-state index < -0.39 is 0 Å². The molecule has 1 aliphatic rings. The molecule has 1 saturated carbocycles. The third-order valence-electron chi connectivity index (χ3n) is 2.89. The Morgan fingerprint density at radius 2 is 2.00 bits per heavy atom. The molecule has 0 aromatic carbocycles. The van der Waals surface area contributed by atoms with Crippen LogP contribution in [0.2, 0.25) is 0 Å². The zero-order chi connectivity index (χ0) is 10.5. The summed E-state index contributed by atoms with van der Waals surface area (Å²) in [6, 6.07) is 4.51. The molecular weight excluding hydrogens is 188 g/mol. The summed E-state index contributed by atoms with van der Waals surface area (Å²) in [6.45, 7) is 0. The molecule has 4 nitrogen and oxygen atoms in total. The van der Waals surface area contributed by atoms with Crippen molar-refractivity contribution < 1.29 is 0 Å². The van der Waals surface area contributed by atoms with Gasteiger partial charge < -0.3 is 10.7 Å². The molecule has 0 spiro atoms. The molecule has 2 rings (SSSR count). The molecule has 0 bridgehead atoms. The van der Waals surface area contributed by atoms with Crippen molar-refractivity contribution in [1.29, 1.82) is 0 Å². The van der Waals surface area contributed by atoms with Crippen molar-refractivity contribution in [3.63, 3.8) is 0 Å². The summed E-state index contributed by atoms with van der Waals surface area (Å²) in [5.74, 6) is 5.95. The van der Waals surface area contributed by atoms with Gasteiger partial charge in [0.1, 0.15) is 5.82 Å². The van der Waals surface area contributed by atoms with Gasteiger partial charge in [-0.3, -0.25) is 0 Å². The van der Waals surface area contributed by atoms with Gasteiger partial charge in [-0.2, -0.15) is 0 Å². The average Bonchev–Trinajstić information content (AvgIpc) is 2.31. The molecule has 1 heterocycles. The van der Waals surface area contributed by atoms with Crippen LogP contribution in [0.4, 0.5) is 11.5 Å². The third-order valence-corrected chi connectivity index (χ3v) is 2.89. The van der Waals surface area contributed by atoms with Crippen LogP contribution >= 0.6 is 0 Å². The van der Waals surface area contributed by atoms with E-state index in [-0.39, 0.29) is 0 Å². The Balaban J connectivity index is 1.91. The number of hydrazine groups is 1. The largest absolute Gasteiger partial charge is 0.381 e. The molecular formula is C11H18N4. The summed E-state index contributed by atoms with van der Waals surface area (Å²) in [4.78, 5) is 4.16. The molecule has 1 aliphatic carbocycles. The maximum atomic E-state index is 5.25. The number of pyridine rings is 1. The molecule has 0 radical (unpaired) electrons. The maximum absolute atomic E-state index is 5.25. The van der Waals surface area contributed by atoms with Gasteiger partial charge >= 0.3 is 0 Å². The van der Waals surface area contributed by atoms with Crippen LogP contribution in [0, 0.1) is 0 Å². The predicted octanol–water partition coefficient (Wildman–Crippen LogP) is 2.11. The zero-order valence-electron chi connectivity index (χ0n) is 8.87. The molecule has 1 fully saturated rings. The first-order chi connectivity index (χ1) is 7.38. The van der Waals surface area contributed by atoms with Gasteiger partial charge in [0, 0.05) is 6.04 Å². The first-order valence-electron chi connectivity index (χ1n) is 5.58. The Labute approximate surface area is 90.2 Å². The van der Waals surface area contributed by atoms with E-state index in [2.05, 4.69) is 15.7 Å². The van der Waals surface area contributed by atoms with Crippen molar-refractivity contribution >= 4 is 11.5 Å². The normalized spacial score (nSPS) is 17.4. The van der Waals surface area contributed by atoms with E-state index in [9.17, 15) is 0 Å². The van der Waals surface area contributed by atoms with Gasteiger partial charge in [0.25, 0.3) is 0 Å². The summed E-state index contributed by atoms with van der Waals surface area (Å²) >= 11 is 0. The van der Waals surface area contributed by atoms with Gasteiger partial charge in [0.15, 0.2) is 0 Å². The zero-order valence-corrected chi connectivity index (χ0v) is 8.87. The summed E-state index contributed by atoms with van der Waals surface area (Å²) in [6.07, 6.45) is 8.44. The second-order valence-electron chi connectivity index (χ2n) is 4.06. The molecule has 0 aliphatic heterocycles. The Morgan fingerprint density at radius 1 is 1.20 bits per heavy atom. The van der Waals surface area contributed by atoms with Gasteiger partial charge in [-0.1, -0.05) is 19.3 Å². The van der Waals surface area contributed by atoms with Gasteiger partial charge in [0.05, 0.1) is 11.9 Å². The number of hydrogen-bond acceptors (Lipinski definition) is 4. The molecule has 4 heteroatoms. The van der Waals surface area contributed by atoms with Crippen molar-refractivity contribution in [2.75, 3.05) is 10.7 Å². The number of rotatable bonds is 3. The Hall–Kier alpha value is -1.29. The van der Waals surface area contributed by atoms with Crippen LogP contribution in [0.25, 0.3) is 0 Å². The van der Waals surface area contributed by atoms with Crippen molar-refractivity contribution in [2.24, 2.45) is 5.84 Å². The van der Waals surface area contributed by atoms with E-state index in [4.69, 9.17) is 5.84 Å². The average molecular weight is 206 g/mol. The van der Waals surface area contributed by atoms with Crippen LogP contribution in [-0.2, 0) is 0 Å². The van der Waals surface area contributed by atoms with Crippen LogP contribution in [0.15, 0.2) is 18.3 Å². The summed E-state index contributed by atoms with van der Waals surface area (Å²) in [5.41, 5.74) is 3.60. The SMILES string of the molecule is NNc1ccc(NC2CCCCC2)cn1. The number of nitrogens with two attached hydrogens (primary N) is 1. The topological polar surface area (TPSA) is 63.0 Å². The van der Waals surface area contributed by atoms with E-state index in [1.54, 1.807) is 0 Å². The van der Waals surface area contributed by atoms with Crippen molar-refractivity contribution in [2.45, 2.75) is 38.1 Å². The van der Waals surface area contributed by atoms with Crippen molar-refractivity contribution in [3.05, 3.63) is 18.3 Å². The minimum absolute atomic E-state index is 0.622. The fourth-order valence-electron chi connectivity index (χ4n) is 2.05. The number of anilines is 2. The number of nitrogens with zero attached hydrogens (tertiary/aromatic N) is 1. The van der Waals surface area contributed by atoms with Crippen LogP contribution in [0.5, 0.6) is 0 Å². The van der Waals surface area contributed by atoms with Gasteiger partial charge in [-0.15, -0.1) is 0 Å². The molecule has 1 aromatic heterocycles. The number of hydrogen-bond donors (Lipinski definition) is 3. The summed E-state index contributed by atoms with van der Waals surface area (Å²) in [5, 5.41) is 3.50. The first kappa shape index (κ1) is 10.2. The minimum Gasteiger partial charge on any atom is -0.381 e. The van der Waals surface area contributed by atoms with E-state index in [0.717, 1.165) is 5.69 Å². The Morgan fingerprint density at radius 3 is 2.60 bits per heavy atom. The van der Waals surface area contributed by atoms with Crippen LogP contribution in [-0.4, -0.2) is 11.0 Å². The molecule has 1 aromatic rings. The molecule has 15 heavy (non-hydrogen) atoms. The fourth-order valence-corrected chi connectivity index (χ4v) is 2.05. The van der Waals surface area contributed by atoms with Crippen LogP contribution in [0.3, 0.4) is 0 Å². The van der Waals surface area contributed by atoms with Crippen LogP contribution < -0.4 is 16.6 Å². The summed E-state index contributed by atoms with van der Waals surface area (Å²) in [7, 11) is 0. The molecule has 4 N–H and O–H groups in total. The Bertz CT molecular complexity index is 290. The third kappa shape index (κ3) is 2.83. The van der Waals surface area contributed by atoms with E-state index in [1.807, 2.05) is 18.3 Å². The number of nitrogens with one attached hydrogen (secondary N) is 2. The highest BCUT2D eigenvalue weighted by atomic mass is 15.2. The molecule has 0 unspecified atom stereocenters. The lowest BCUT2D eigenvalue weighted by Crippen LogP contribution is -2.22. The second-order valence-corrected chi connectivity index (χ2v) is 4.06. The first-order valence-corrected chi connectivity index (χ1v) is 5.58. The standard InChI is InChI=1S/C11H18N4/c12-15-11-7-6-10(8-13-11)14-9-4-2-1-3-5-9/h6-9,14H,1-5,12H2,(H,13,15). The minimum atomic E-state index is 0.622. The molecule has 0 saturated heterocycles. The highest BCUT2D eigenvalue weighted by Gasteiger charge is 2.12. The smallest absolute Gasteiger partial charge is 0.140 e. The number of aromatic nitrogens is 1. The fraction of sp³-hybridized carbons (Fsp3) is 0.545. The van der Waals surface area contributed by atoms with Crippen LogP contribution in [0.1, 0.15) is 32.1 Å². The lowest BCUT2D eigenvalue weighted by atomic mass is 9.95. The quantitative estimate of drug-likeness (QED) is 0.523. The van der Waals surface area contributed by atoms with Crippen molar-refractivity contribution in [3.8, 4) is 0 Å². The lowest BCUT2D eigenvalue weighted by Gasteiger charge is -2.23. The van der Waals surface area contributed by atoms with Gasteiger partial charge in [0.2, 0.25) is 0 Å². The van der Waals surface area contributed by atoms with E-state index in [1.165, 1.54) is 32.1 Å². The van der Waals surface area contributed by atoms with Gasteiger partial charge in [-0.25, -0.2) is 10.8 Å². The van der Waals surface area contributed by atoms with E-state index >= 15 is 0 Å². The van der Waals surface area contributed by atoms with E-state index in [0.29, 0.717) is 11.9 Å². The lowest BCUT2D eigenvalue weighted by molar-refractivity contribution is 0.462.